The fourth-order valence-electron chi connectivity index (χ4n) is 2.08. The Kier molecular flexibility index (Phi) is 4.20. The molecule has 0 bridgehead atoms. The van der Waals surface area contributed by atoms with Gasteiger partial charge in [-0.05, 0) is 23.5 Å². The Balaban J connectivity index is 1.99. The number of nitrogens with zero attached hydrogens (tertiary/aromatic N) is 1. The zero-order chi connectivity index (χ0) is 13.8. The molecule has 1 aromatic carbocycles. The first-order valence-corrected chi connectivity index (χ1v) is 6.68. The molecular weight excluding hydrogens is 242 g/mol. The molecule has 1 aliphatic heterocycles. The topological polar surface area (TPSA) is 46.6 Å². The Morgan fingerprint density at radius 1 is 1.26 bits per heavy atom. The van der Waals surface area contributed by atoms with E-state index in [1.165, 1.54) is 5.56 Å². The summed E-state index contributed by atoms with van der Waals surface area (Å²) in [7, 11) is 0. The number of ether oxygens (including phenoxy) is 1. The molecule has 1 atom stereocenters. The van der Waals surface area contributed by atoms with Crippen LogP contribution >= 0.6 is 0 Å². The molecule has 102 valence electrons. The molecule has 1 aromatic rings. The second-order valence-electron chi connectivity index (χ2n) is 4.96. The fourth-order valence-corrected chi connectivity index (χ4v) is 2.08. The van der Waals surface area contributed by atoms with E-state index in [1.807, 2.05) is 12.1 Å². The van der Waals surface area contributed by atoms with Gasteiger partial charge in [0.25, 0.3) is 0 Å². The highest BCUT2D eigenvalue weighted by Crippen LogP contribution is 2.20. The summed E-state index contributed by atoms with van der Waals surface area (Å²) in [5.41, 5.74) is 2.36. The van der Waals surface area contributed by atoms with Gasteiger partial charge in [-0.25, -0.2) is 4.79 Å². The molecule has 0 spiro atoms. The SMILES string of the molecule is CCC(C)c1ccc(CN2CCC(=O)OC2=O)cc1. The average Bonchev–Trinajstić information content (AvgIpc) is 2.42. The molecular formula is C15H19NO3. The van der Waals surface area contributed by atoms with Gasteiger partial charge >= 0.3 is 12.1 Å². The van der Waals surface area contributed by atoms with Crippen molar-refractivity contribution in [1.82, 2.24) is 4.90 Å². The van der Waals surface area contributed by atoms with Crippen molar-refractivity contribution in [2.24, 2.45) is 0 Å². The van der Waals surface area contributed by atoms with Crippen molar-refractivity contribution in [1.29, 1.82) is 0 Å². The van der Waals surface area contributed by atoms with Crippen LogP contribution in [0.3, 0.4) is 0 Å². The first-order valence-electron chi connectivity index (χ1n) is 6.68. The Morgan fingerprint density at radius 3 is 2.53 bits per heavy atom. The quantitative estimate of drug-likeness (QED) is 0.618. The van der Waals surface area contributed by atoms with Gasteiger partial charge < -0.3 is 9.64 Å². The molecule has 0 aliphatic carbocycles. The minimum absolute atomic E-state index is 0.274. The molecule has 0 aromatic heterocycles. The predicted molar refractivity (Wildman–Crippen MR) is 71.7 cm³/mol. The van der Waals surface area contributed by atoms with Gasteiger partial charge in [-0.15, -0.1) is 0 Å². The highest BCUT2D eigenvalue weighted by Gasteiger charge is 2.25. The highest BCUT2D eigenvalue weighted by molar-refractivity contribution is 5.87. The van der Waals surface area contributed by atoms with E-state index in [0.29, 0.717) is 19.0 Å². The van der Waals surface area contributed by atoms with Crippen molar-refractivity contribution >= 4 is 12.1 Å². The van der Waals surface area contributed by atoms with E-state index in [2.05, 4.69) is 30.7 Å². The predicted octanol–water partition coefficient (Wildman–Crippen LogP) is 3.07. The molecule has 1 heterocycles. The van der Waals surface area contributed by atoms with Crippen molar-refractivity contribution < 1.29 is 14.3 Å². The van der Waals surface area contributed by atoms with E-state index in [4.69, 9.17) is 0 Å². The van der Waals surface area contributed by atoms with Crippen LogP contribution in [0.2, 0.25) is 0 Å². The van der Waals surface area contributed by atoms with E-state index < -0.39 is 12.1 Å². The van der Waals surface area contributed by atoms with Crippen LogP contribution in [0.1, 0.15) is 43.7 Å². The molecule has 4 nitrogen and oxygen atoms in total. The first-order chi connectivity index (χ1) is 9.10. The van der Waals surface area contributed by atoms with Crippen molar-refractivity contribution in [3.05, 3.63) is 35.4 Å². The van der Waals surface area contributed by atoms with Crippen LogP contribution in [0.5, 0.6) is 0 Å². The van der Waals surface area contributed by atoms with Gasteiger partial charge in [0.1, 0.15) is 0 Å². The lowest BCUT2D eigenvalue weighted by Crippen LogP contribution is -2.39. The maximum atomic E-state index is 11.5. The minimum atomic E-state index is -0.540. The van der Waals surface area contributed by atoms with Crippen molar-refractivity contribution in [2.75, 3.05) is 6.54 Å². The average molecular weight is 261 g/mol. The summed E-state index contributed by atoms with van der Waals surface area (Å²) < 4.78 is 4.60. The van der Waals surface area contributed by atoms with Gasteiger partial charge in [-0.1, -0.05) is 38.1 Å². The zero-order valence-electron chi connectivity index (χ0n) is 11.4. The van der Waals surface area contributed by atoms with Crippen LogP contribution in [0.15, 0.2) is 24.3 Å². The molecule has 1 unspecified atom stereocenters. The molecule has 2 rings (SSSR count). The number of hydrogen-bond acceptors (Lipinski definition) is 3. The fraction of sp³-hybridized carbons (Fsp3) is 0.467. The van der Waals surface area contributed by atoms with Crippen LogP contribution in [-0.4, -0.2) is 23.5 Å². The third-order valence-electron chi connectivity index (χ3n) is 3.58. The Labute approximate surface area is 113 Å². The van der Waals surface area contributed by atoms with Crippen molar-refractivity contribution in [3.63, 3.8) is 0 Å². The molecule has 1 amide bonds. The van der Waals surface area contributed by atoms with E-state index in [0.717, 1.165) is 12.0 Å². The molecule has 1 fully saturated rings. The van der Waals surface area contributed by atoms with Gasteiger partial charge in [0.2, 0.25) is 0 Å². The molecule has 0 radical (unpaired) electrons. The second kappa shape index (κ2) is 5.87. The van der Waals surface area contributed by atoms with Crippen molar-refractivity contribution in [2.45, 2.75) is 39.2 Å². The van der Waals surface area contributed by atoms with E-state index in [-0.39, 0.29) is 6.42 Å². The molecule has 4 heteroatoms. The number of rotatable bonds is 4. The third-order valence-corrected chi connectivity index (χ3v) is 3.58. The van der Waals surface area contributed by atoms with Crippen LogP contribution in [0.25, 0.3) is 0 Å². The largest absolute Gasteiger partial charge is 0.417 e. The summed E-state index contributed by atoms with van der Waals surface area (Å²) in [4.78, 5) is 24.0. The molecule has 1 saturated heterocycles. The third kappa shape index (κ3) is 3.34. The lowest BCUT2D eigenvalue weighted by Gasteiger charge is -2.25. The summed E-state index contributed by atoms with van der Waals surface area (Å²) in [6, 6.07) is 8.27. The monoisotopic (exact) mass is 261 g/mol. The molecule has 0 saturated carbocycles. The zero-order valence-corrected chi connectivity index (χ0v) is 11.4. The highest BCUT2D eigenvalue weighted by atomic mass is 16.6. The first kappa shape index (κ1) is 13.6. The standard InChI is InChI=1S/C15H19NO3/c1-3-11(2)13-6-4-12(5-7-13)10-16-9-8-14(17)19-15(16)18/h4-7,11H,3,8-10H2,1-2H3. The van der Waals surface area contributed by atoms with E-state index in [1.54, 1.807) is 4.90 Å². The van der Waals surface area contributed by atoms with E-state index in [9.17, 15) is 9.59 Å². The number of benzene rings is 1. The Hall–Kier alpha value is -1.84. The van der Waals surface area contributed by atoms with E-state index >= 15 is 0 Å². The Bertz CT molecular complexity index is 467. The Morgan fingerprint density at radius 2 is 1.95 bits per heavy atom. The summed E-state index contributed by atoms with van der Waals surface area (Å²) in [6.07, 6.45) is 0.846. The van der Waals surface area contributed by atoms with Crippen LogP contribution in [-0.2, 0) is 16.1 Å². The summed E-state index contributed by atoms with van der Waals surface area (Å²) >= 11 is 0. The van der Waals surface area contributed by atoms with Crippen molar-refractivity contribution in [3.8, 4) is 0 Å². The summed E-state index contributed by atoms with van der Waals surface area (Å²) in [6.45, 7) is 5.29. The number of carbonyl (C=O) groups excluding carboxylic acids is 2. The van der Waals surface area contributed by atoms with Crippen LogP contribution in [0.4, 0.5) is 4.79 Å². The van der Waals surface area contributed by atoms with Crippen LogP contribution < -0.4 is 0 Å². The number of carbonyl (C=O) groups is 2. The lowest BCUT2D eigenvalue weighted by atomic mass is 9.97. The molecule has 1 aliphatic rings. The summed E-state index contributed by atoms with van der Waals surface area (Å²) in [5, 5.41) is 0. The molecule has 19 heavy (non-hydrogen) atoms. The summed E-state index contributed by atoms with van der Waals surface area (Å²) in [5.74, 6) is 0.111. The number of hydrogen-bond donors (Lipinski definition) is 0. The normalized spacial score (nSPS) is 17.3. The number of cyclic esters (lactones) is 2. The number of amides is 1. The van der Waals surface area contributed by atoms with Crippen LogP contribution in [0, 0.1) is 0 Å². The maximum Gasteiger partial charge on any atom is 0.417 e. The smallest absolute Gasteiger partial charge is 0.376 e. The second-order valence-corrected chi connectivity index (χ2v) is 4.96. The van der Waals surface area contributed by atoms with Gasteiger partial charge in [-0.2, -0.15) is 0 Å². The van der Waals surface area contributed by atoms with Gasteiger partial charge in [0, 0.05) is 13.1 Å². The number of esters is 1. The van der Waals surface area contributed by atoms with Gasteiger partial charge in [-0.3, -0.25) is 4.79 Å². The van der Waals surface area contributed by atoms with Gasteiger partial charge in [0.05, 0.1) is 6.42 Å². The maximum absolute atomic E-state index is 11.5. The minimum Gasteiger partial charge on any atom is -0.376 e. The van der Waals surface area contributed by atoms with Gasteiger partial charge in [0.15, 0.2) is 0 Å². The lowest BCUT2D eigenvalue weighted by molar-refractivity contribution is -0.141. The molecule has 0 N–H and O–H groups in total.